The predicted octanol–water partition coefficient (Wildman–Crippen LogP) is 3.25. The summed E-state index contributed by atoms with van der Waals surface area (Å²) in [6.45, 7) is 6.18. The summed E-state index contributed by atoms with van der Waals surface area (Å²) in [4.78, 5) is 20.9. The lowest BCUT2D eigenvalue weighted by molar-refractivity contribution is 0.102. The van der Waals surface area contributed by atoms with E-state index >= 15 is 0 Å². The van der Waals surface area contributed by atoms with Crippen molar-refractivity contribution in [1.82, 2.24) is 15.1 Å². The van der Waals surface area contributed by atoms with Gasteiger partial charge in [-0.3, -0.25) is 4.79 Å². The Balaban J connectivity index is 1.73. The van der Waals surface area contributed by atoms with Crippen LogP contribution in [0.4, 0.5) is 11.6 Å². The molecule has 0 aliphatic rings. The average molecular weight is 337 g/mol. The van der Waals surface area contributed by atoms with Gasteiger partial charge in [0.05, 0.1) is 0 Å². The first kappa shape index (κ1) is 16.6. The number of hydrogen-bond acceptors (Lipinski definition) is 6. The molecule has 0 saturated heterocycles. The van der Waals surface area contributed by atoms with Crippen molar-refractivity contribution in [1.29, 1.82) is 0 Å². The van der Waals surface area contributed by atoms with Crippen LogP contribution in [0.5, 0.6) is 0 Å². The maximum atomic E-state index is 12.3. The maximum absolute atomic E-state index is 12.3. The Labute approximate surface area is 145 Å². The second-order valence-corrected chi connectivity index (χ2v) is 5.74. The third-order valence-electron chi connectivity index (χ3n) is 3.66. The van der Waals surface area contributed by atoms with E-state index in [4.69, 9.17) is 4.52 Å². The van der Waals surface area contributed by atoms with Crippen LogP contribution in [0.2, 0.25) is 0 Å². The minimum absolute atomic E-state index is 0.264. The molecule has 0 atom stereocenters. The van der Waals surface area contributed by atoms with E-state index in [1.165, 1.54) is 11.1 Å². The number of nitrogens with zero attached hydrogens (tertiary/aromatic N) is 3. The third kappa shape index (κ3) is 4.20. The molecule has 25 heavy (non-hydrogen) atoms. The summed E-state index contributed by atoms with van der Waals surface area (Å²) in [5, 5.41) is 9.64. The zero-order valence-electron chi connectivity index (χ0n) is 14.3. The van der Waals surface area contributed by atoms with Gasteiger partial charge in [0.25, 0.3) is 5.91 Å². The quantitative estimate of drug-likeness (QED) is 0.742. The molecular weight excluding hydrogens is 318 g/mol. The van der Waals surface area contributed by atoms with E-state index < -0.39 is 0 Å². The van der Waals surface area contributed by atoms with E-state index in [0.717, 1.165) is 0 Å². The van der Waals surface area contributed by atoms with Crippen LogP contribution in [0.3, 0.4) is 0 Å². The predicted molar refractivity (Wildman–Crippen MR) is 94.5 cm³/mol. The second kappa shape index (κ2) is 7.12. The first-order valence-corrected chi connectivity index (χ1v) is 7.90. The molecule has 7 nitrogen and oxygen atoms in total. The van der Waals surface area contributed by atoms with Crippen molar-refractivity contribution in [3.63, 3.8) is 0 Å². The number of anilines is 2. The molecule has 0 saturated carbocycles. The smallest absolute Gasteiger partial charge is 0.275 e. The van der Waals surface area contributed by atoms with E-state index in [1.54, 1.807) is 26.0 Å². The van der Waals surface area contributed by atoms with Gasteiger partial charge in [0.1, 0.15) is 23.1 Å². The number of hydrogen-bond donors (Lipinski definition) is 2. The highest BCUT2D eigenvalue weighted by atomic mass is 16.5. The minimum Gasteiger partial charge on any atom is -0.366 e. The number of amides is 1. The van der Waals surface area contributed by atoms with Gasteiger partial charge in [0, 0.05) is 18.7 Å². The van der Waals surface area contributed by atoms with Crippen LogP contribution in [0, 0.1) is 20.8 Å². The van der Waals surface area contributed by atoms with Gasteiger partial charge in [0.15, 0.2) is 5.82 Å². The number of aryl methyl sites for hydroxylation is 3. The maximum Gasteiger partial charge on any atom is 0.275 e. The van der Waals surface area contributed by atoms with Gasteiger partial charge in [-0.2, -0.15) is 0 Å². The van der Waals surface area contributed by atoms with Gasteiger partial charge in [-0.05, 0) is 31.9 Å². The average Bonchev–Trinajstić information content (AvgIpc) is 2.98. The van der Waals surface area contributed by atoms with Crippen LogP contribution >= 0.6 is 0 Å². The Bertz CT molecular complexity index is 904. The Morgan fingerprint density at radius 2 is 1.88 bits per heavy atom. The Morgan fingerprint density at radius 1 is 1.08 bits per heavy atom. The first-order valence-electron chi connectivity index (χ1n) is 7.90. The zero-order chi connectivity index (χ0) is 17.8. The lowest BCUT2D eigenvalue weighted by Gasteiger charge is -2.10. The zero-order valence-corrected chi connectivity index (χ0v) is 14.3. The van der Waals surface area contributed by atoms with Crippen LogP contribution in [0.15, 0.2) is 40.9 Å². The van der Waals surface area contributed by atoms with Crippen molar-refractivity contribution in [2.75, 3.05) is 10.6 Å². The van der Waals surface area contributed by atoms with Crippen molar-refractivity contribution in [2.24, 2.45) is 0 Å². The summed E-state index contributed by atoms with van der Waals surface area (Å²) < 4.78 is 4.94. The molecule has 128 valence electrons. The fourth-order valence-electron chi connectivity index (χ4n) is 2.37. The van der Waals surface area contributed by atoms with Crippen LogP contribution in [-0.2, 0) is 6.54 Å². The number of nitrogens with one attached hydrogen (secondary N) is 2. The Kier molecular flexibility index (Phi) is 4.74. The fraction of sp³-hybridized carbons (Fsp3) is 0.222. The number of benzene rings is 1. The molecule has 1 amide bonds. The van der Waals surface area contributed by atoms with E-state index in [1.807, 2.05) is 12.1 Å². The highest BCUT2D eigenvalue weighted by Gasteiger charge is 2.13. The monoisotopic (exact) mass is 337 g/mol. The molecule has 0 spiro atoms. The van der Waals surface area contributed by atoms with Crippen LogP contribution in [0.25, 0.3) is 0 Å². The normalized spacial score (nSPS) is 10.5. The lowest BCUT2D eigenvalue weighted by Crippen LogP contribution is -2.16. The topological polar surface area (TPSA) is 92.9 Å². The van der Waals surface area contributed by atoms with E-state index in [2.05, 4.69) is 44.8 Å². The van der Waals surface area contributed by atoms with E-state index in [-0.39, 0.29) is 11.6 Å². The van der Waals surface area contributed by atoms with Crippen molar-refractivity contribution in [3.8, 4) is 0 Å². The molecule has 0 radical (unpaired) electrons. The Morgan fingerprint density at radius 3 is 2.60 bits per heavy atom. The number of aromatic nitrogens is 3. The highest BCUT2D eigenvalue weighted by molar-refractivity contribution is 6.02. The fourth-order valence-corrected chi connectivity index (χ4v) is 2.37. The molecule has 2 heterocycles. The Hall–Kier alpha value is -3.22. The molecule has 3 aromatic rings. The summed E-state index contributed by atoms with van der Waals surface area (Å²) in [6, 6.07) is 11.4. The van der Waals surface area contributed by atoms with Crippen molar-refractivity contribution in [3.05, 3.63) is 64.8 Å². The molecule has 0 unspecified atom stereocenters. The van der Waals surface area contributed by atoms with Gasteiger partial charge in [-0.1, -0.05) is 29.4 Å². The van der Waals surface area contributed by atoms with Crippen LogP contribution in [-0.4, -0.2) is 21.0 Å². The van der Waals surface area contributed by atoms with Crippen molar-refractivity contribution in [2.45, 2.75) is 27.3 Å². The van der Waals surface area contributed by atoms with Gasteiger partial charge in [0.2, 0.25) is 0 Å². The summed E-state index contributed by atoms with van der Waals surface area (Å²) in [5.41, 5.74) is 2.63. The minimum atomic E-state index is -0.363. The van der Waals surface area contributed by atoms with E-state index in [0.29, 0.717) is 29.8 Å². The first-order chi connectivity index (χ1) is 12.0. The molecule has 1 aromatic carbocycles. The number of carbonyl (C=O) groups excluding carboxylic acids is 1. The van der Waals surface area contributed by atoms with Gasteiger partial charge in [-0.25, -0.2) is 9.97 Å². The second-order valence-electron chi connectivity index (χ2n) is 5.74. The number of carbonyl (C=O) groups is 1. The number of rotatable bonds is 5. The van der Waals surface area contributed by atoms with Crippen LogP contribution < -0.4 is 10.6 Å². The SMILES string of the molecule is Cc1nc(NCc2ccccc2C)cc(C(=O)Nc2cc(C)on2)n1. The van der Waals surface area contributed by atoms with Crippen molar-refractivity contribution < 1.29 is 9.32 Å². The largest absolute Gasteiger partial charge is 0.366 e. The molecule has 0 aliphatic heterocycles. The molecule has 7 heteroatoms. The molecule has 0 fully saturated rings. The summed E-state index contributed by atoms with van der Waals surface area (Å²) in [6.07, 6.45) is 0. The van der Waals surface area contributed by atoms with E-state index in [9.17, 15) is 4.79 Å². The van der Waals surface area contributed by atoms with Crippen molar-refractivity contribution >= 4 is 17.5 Å². The summed E-state index contributed by atoms with van der Waals surface area (Å²) >= 11 is 0. The lowest BCUT2D eigenvalue weighted by atomic mass is 10.1. The molecule has 2 aromatic heterocycles. The van der Waals surface area contributed by atoms with Gasteiger partial charge < -0.3 is 15.2 Å². The molecule has 2 N–H and O–H groups in total. The van der Waals surface area contributed by atoms with Crippen LogP contribution in [0.1, 0.15) is 33.2 Å². The van der Waals surface area contributed by atoms with Gasteiger partial charge in [-0.15, -0.1) is 0 Å². The molecule has 0 bridgehead atoms. The molecular formula is C18H19N5O2. The van der Waals surface area contributed by atoms with Gasteiger partial charge >= 0.3 is 0 Å². The molecule has 0 aliphatic carbocycles. The molecule has 3 rings (SSSR count). The summed E-state index contributed by atoms with van der Waals surface area (Å²) in [7, 11) is 0. The standard InChI is InChI=1S/C18H19N5O2/c1-11-6-4-5-7-14(11)10-19-16-9-15(20-13(3)21-16)18(24)22-17-8-12(2)25-23-17/h4-9H,10H2,1-3H3,(H,19,20,21)(H,22,23,24). The highest BCUT2D eigenvalue weighted by Crippen LogP contribution is 2.13. The third-order valence-corrected chi connectivity index (χ3v) is 3.66. The summed E-state index contributed by atoms with van der Waals surface area (Å²) in [5.74, 6) is 1.72.